The Morgan fingerprint density at radius 1 is 0.800 bits per heavy atom. The molecule has 0 aliphatic heterocycles. The van der Waals surface area contributed by atoms with Crippen molar-refractivity contribution in [1.82, 2.24) is 0 Å². The quantitative estimate of drug-likeness (QED) is 0.482. The first-order chi connectivity index (χ1) is 5.38. The van der Waals surface area contributed by atoms with Crippen LogP contribution in [0.3, 0.4) is 0 Å². The number of fused-ring (bicyclic) bond motifs is 1. The van der Waals surface area contributed by atoms with Crippen LogP contribution in [0.2, 0.25) is 0 Å². The van der Waals surface area contributed by atoms with E-state index < -0.39 is 0 Å². The van der Waals surface area contributed by atoms with E-state index in [2.05, 4.69) is 0 Å². The summed E-state index contributed by atoms with van der Waals surface area (Å²) in [6.07, 6.45) is 9.87. The minimum Gasteiger partial charge on any atom is -0.0530 e. The van der Waals surface area contributed by atoms with E-state index >= 15 is 0 Å². The standard InChI is InChI=1S/C10H18/c1-2-6-10-8-4-3-7-9(10)5-1/h9-10H,1-8H2/t9-,10-/i5D/t5?,9-,10-/m1/s1. The van der Waals surface area contributed by atoms with E-state index in [1.807, 2.05) is 0 Å². The van der Waals surface area contributed by atoms with Gasteiger partial charge in [0, 0.05) is 1.37 Å². The molecular formula is C10H18. The normalized spacial score (nSPS) is 49.6. The van der Waals surface area contributed by atoms with E-state index in [0.29, 0.717) is 6.40 Å². The lowest BCUT2D eigenvalue weighted by Crippen LogP contribution is -2.22. The molecule has 0 radical (unpaired) electrons. The summed E-state index contributed by atoms with van der Waals surface area (Å²) in [5.41, 5.74) is 0. The molecule has 2 aliphatic rings. The molecule has 0 heteroatoms. The lowest BCUT2D eigenvalue weighted by Gasteiger charge is -2.35. The Kier molecular flexibility index (Phi) is 1.65. The van der Waals surface area contributed by atoms with Gasteiger partial charge in [0.05, 0.1) is 0 Å². The van der Waals surface area contributed by atoms with Crippen LogP contribution >= 0.6 is 0 Å². The van der Waals surface area contributed by atoms with Gasteiger partial charge in [0.1, 0.15) is 0 Å². The molecule has 0 aromatic heterocycles. The van der Waals surface area contributed by atoms with Crippen molar-refractivity contribution in [1.29, 1.82) is 0 Å². The van der Waals surface area contributed by atoms with Crippen molar-refractivity contribution in [2.45, 2.75) is 51.3 Å². The van der Waals surface area contributed by atoms with E-state index in [9.17, 15) is 0 Å². The SMILES string of the molecule is [2H]C1CCC[C@@H]2CCCC[C@@H]12. The van der Waals surface area contributed by atoms with Crippen LogP contribution in [0.5, 0.6) is 0 Å². The summed E-state index contributed by atoms with van der Waals surface area (Å²) >= 11 is 0. The first-order valence-electron chi connectivity index (χ1n) is 5.38. The van der Waals surface area contributed by atoms with Crippen molar-refractivity contribution in [2.75, 3.05) is 0 Å². The molecule has 2 fully saturated rings. The Bertz CT molecular complexity index is 131. The summed E-state index contributed by atoms with van der Waals surface area (Å²) in [5.74, 6) is 1.73. The minimum atomic E-state index is 0.300. The van der Waals surface area contributed by atoms with Crippen LogP contribution in [0.1, 0.15) is 52.7 Å². The van der Waals surface area contributed by atoms with Crippen molar-refractivity contribution >= 4 is 0 Å². The molecule has 2 saturated carbocycles. The second-order valence-electron chi connectivity index (χ2n) is 3.87. The molecule has 0 nitrogen and oxygen atoms in total. The Balaban J connectivity index is 1.99. The van der Waals surface area contributed by atoms with Gasteiger partial charge in [0.25, 0.3) is 0 Å². The van der Waals surface area contributed by atoms with Crippen LogP contribution in [-0.4, -0.2) is 0 Å². The summed E-state index contributed by atoms with van der Waals surface area (Å²) in [5, 5.41) is 0. The largest absolute Gasteiger partial charge is 0.0530 e. The number of hydrogen-bond donors (Lipinski definition) is 0. The number of rotatable bonds is 0. The third kappa shape index (κ3) is 1.21. The summed E-state index contributed by atoms with van der Waals surface area (Å²) < 4.78 is 7.90. The Morgan fingerprint density at radius 3 is 2.10 bits per heavy atom. The van der Waals surface area contributed by atoms with E-state index in [4.69, 9.17) is 1.37 Å². The molecule has 0 spiro atoms. The van der Waals surface area contributed by atoms with Gasteiger partial charge in [-0.25, -0.2) is 0 Å². The monoisotopic (exact) mass is 139 g/mol. The molecule has 3 atom stereocenters. The van der Waals surface area contributed by atoms with Gasteiger partial charge in [-0.1, -0.05) is 51.3 Å². The van der Waals surface area contributed by atoms with Crippen molar-refractivity contribution in [3.63, 3.8) is 0 Å². The summed E-state index contributed by atoms with van der Waals surface area (Å²) in [6.45, 7) is 0. The molecule has 10 heavy (non-hydrogen) atoms. The third-order valence-corrected chi connectivity index (χ3v) is 3.22. The third-order valence-electron chi connectivity index (χ3n) is 3.22. The fourth-order valence-corrected chi connectivity index (χ4v) is 2.62. The van der Waals surface area contributed by atoms with Gasteiger partial charge >= 0.3 is 0 Å². The predicted molar refractivity (Wildman–Crippen MR) is 43.9 cm³/mol. The molecule has 0 amide bonds. The predicted octanol–water partition coefficient (Wildman–Crippen LogP) is 3.37. The Morgan fingerprint density at radius 2 is 1.40 bits per heavy atom. The van der Waals surface area contributed by atoms with Gasteiger partial charge in [0.15, 0.2) is 0 Å². The van der Waals surface area contributed by atoms with Gasteiger partial charge < -0.3 is 0 Å². The minimum absolute atomic E-state index is 0.300. The Hall–Kier alpha value is 0. The van der Waals surface area contributed by atoms with Crippen LogP contribution in [0, 0.1) is 11.8 Å². The van der Waals surface area contributed by atoms with Crippen LogP contribution < -0.4 is 0 Å². The Labute approximate surface area is 65.4 Å². The first-order valence-corrected chi connectivity index (χ1v) is 4.80. The van der Waals surface area contributed by atoms with Crippen molar-refractivity contribution in [3.05, 3.63) is 0 Å². The van der Waals surface area contributed by atoms with E-state index in [-0.39, 0.29) is 0 Å². The van der Waals surface area contributed by atoms with Gasteiger partial charge in [-0.2, -0.15) is 0 Å². The fourth-order valence-electron chi connectivity index (χ4n) is 2.62. The van der Waals surface area contributed by atoms with Crippen LogP contribution in [-0.2, 0) is 0 Å². The fraction of sp³-hybridized carbons (Fsp3) is 1.00. The van der Waals surface area contributed by atoms with Crippen LogP contribution in [0.4, 0.5) is 0 Å². The maximum absolute atomic E-state index is 7.90. The second kappa shape index (κ2) is 2.94. The van der Waals surface area contributed by atoms with E-state index in [1.54, 1.807) is 0 Å². The number of hydrogen-bond acceptors (Lipinski definition) is 0. The van der Waals surface area contributed by atoms with Gasteiger partial charge in [-0.3, -0.25) is 0 Å². The van der Waals surface area contributed by atoms with E-state index in [1.165, 1.54) is 44.9 Å². The highest BCUT2D eigenvalue weighted by Crippen LogP contribution is 2.39. The molecule has 0 N–H and O–H groups in total. The maximum atomic E-state index is 7.90. The summed E-state index contributed by atoms with van der Waals surface area (Å²) in [4.78, 5) is 0. The highest BCUT2D eigenvalue weighted by Gasteiger charge is 2.26. The van der Waals surface area contributed by atoms with Crippen LogP contribution in [0.25, 0.3) is 0 Å². The molecule has 0 heterocycles. The maximum Gasteiger partial charge on any atom is 0.0269 e. The van der Waals surface area contributed by atoms with Crippen molar-refractivity contribution < 1.29 is 1.37 Å². The lowest BCUT2D eigenvalue weighted by atomic mass is 9.71. The summed E-state index contributed by atoms with van der Waals surface area (Å²) in [7, 11) is 0. The molecule has 1 unspecified atom stereocenters. The second-order valence-corrected chi connectivity index (χ2v) is 3.87. The molecule has 0 aromatic rings. The van der Waals surface area contributed by atoms with Gasteiger partial charge in [-0.05, 0) is 11.8 Å². The van der Waals surface area contributed by atoms with Crippen LogP contribution in [0.15, 0.2) is 0 Å². The molecule has 2 aliphatic carbocycles. The van der Waals surface area contributed by atoms with E-state index in [0.717, 1.165) is 11.8 Å². The highest BCUT2D eigenvalue weighted by atomic mass is 14.3. The first kappa shape index (κ1) is 5.62. The van der Waals surface area contributed by atoms with Gasteiger partial charge in [0.2, 0.25) is 0 Å². The molecule has 58 valence electrons. The molecule has 0 saturated heterocycles. The lowest BCUT2D eigenvalue weighted by molar-refractivity contribution is 0.171. The molecular weight excluding hydrogens is 120 g/mol. The highest BCUT2D eigenvalue weighted by molar-refractivity contribution is 4.78. The average molecular weight is 139 g/mol. The van der Waals surface area contributed by atoms with Gasteiger partial charge in [-0.15, -0.1) is 0 Å². The smallest absolute Gasteiger partial charge is 0.0269 e. The van der Waals surface area contributed by atoms with Crippen molar-refractivity contribution in [2.24, 2.45) is 11.8 Å². The summed E-state index contributed by atoms with van der Waals surface area (Å²) in [6, 6.07) is 0. The average Bonchev–Trinajstić information content (AvgIpc) is 2.06. The zero-order valence-electron chi connectivity index (χ0n) is 7.68. The van der Waals surface area contributed by atoms with Crippen molar-refractivity contribution in [3.8, 4) is 0 Å². The zero-order chi connectivity index (χ0) is 7.68. The molecule has 0 bridgehead atoms. The zero-order valence-corrected chi connectivity index (χ0v) is 6.68. The topological polar surface area (TPSA) is 0 Å². The molecule has 2 rings (SSSR count). The molecule has 0 aromatic carbocycles.